The van der Waals surface area contributed by atoms with Crippen molar-refractivity contribution in [1.82, 2.24) is 10.2 Å². The second-order valence-corrected chi connectivity index (χ2v) is 6.19. The maximum Gasteiger partial charge on any atom is 0.242 e. The lowest BCUT2D eigenvalue weighted by Crippen LogP contribution is -2.46. The minimum atomic E-state index is -0.343. The minimum absolute atomic E-state index is 0.0540. The Morgan fingerprint density at radius 3 is 2.58 bits per heavy atom. The Balaban J connectivity index is 1.48. The van der Waals surface area contributed by atoms with Gasteiger partial charge in [-0.15, -0.1) is 0 Å². The molecule has 0 radical (unpaired) electrons. The molecule has 2 aromatic carbocycles. The summed E-state index contributed by atoms with van der Waals surface area (Å²) in [6, 6.07) is 15.5. The molecule has 0 aliphatic carbocycles. The Kier molecular flexibility index (Phi) is 5.96. The molecule has 6 heteroatoms. The molecule has 136 valence electrons. The molecule has 0 unspecified atom stereocenters. The molecule has 1 N–H and O–H groups in total. The largest absolute Gasteiger partial charge is 0.370 e. The van der Waals surface area contributed by atoms with Gasteiger partial charge < -0.3 is 15.0 Å². The van der Waals surface area contributed by atoms with Gasteiger partial charge in [-0.1, -0.05) is 42.5 Å². The van der Waals surface area contributed by atoms with E-state index in [1.165, 1.54) is 12.1 Å². The molecule has 1 atom stereocenters. The first-order valence-corrected chi connectivity index (χ1v) is 8.57. The maximum atomic E-state index is 12.9. The van der Waals surface area contributed by atoms with Gasteiger partial charge in [0.25, 0.3) is 0 Å². The monoisotopic (exact) mass is 356 g/mol. The van der Waals surface area contributed by atoms with Crippen LogP contribution in [0.25, 0.3) is 0 Å². The summed E-state index contributed by atoms with van der Waals surface area (Å²) >= 11 is 0. The molecule has 26 heavy (non-hydrogen) atoms. The Morgan fingerprint density at radius 2 is 1.85 bits per heavy atom. The lowest BCUT2D eigenvalue weighted by atomic mass is 10.1. The summed E-state index contributed by atoms with van der Waals surface area (Å²) in [5.41, 5.74) is 1.73. The molecule has 1 heterocycles. The van der Waals surface area contributed by atoms with Crippen molar-refractivity contribution >= 4 is 11.8 Å². The van der Waals surface area contributed by atoms with Gasteiger partial charge in [-0.2, -0.15) is 0 Å². The van der Waals surface area contributed by atoms with Crippen LogP contribution in [0, 0.1) is 5.82 Å². The molecule has 0 spiro atoms. The average molecular weight is 356 g/mol. The average Bonchev–Trinajstić information content (AvgIpc) is 2.69. The topological polar surface area (TPSA) is 58.6 Å². The number of nitrogens with one attached hydrogen (secondary N) is 1. The van der Waals surface area contributed by atoms with Crippen LogP contribution in [0.4, 0.5) is 4.39 Å². The molecule has 0 bridgehead atoms. The first-order valence-electron chi connectivity index (χ1n) is 8.57. The highest BCUT2D eigenvalue weighted by Gasteiger charge is 2.25. The Bertz CT molecular complexity index is 749. The normalized spacial score (nSPS) is 17.0. The zero-order valence-corrected chi connectivity index (χ0v) is 14.4. The third-order valence-corrected chi connectivity index (χ3v) is 4.31. The fraction of sp³-hybridized carbons (Fsp3) is 0.300. The number of nitrogens with zero attached hydrogens (tertiary/aromatic N) is 1. The van der Waals surface area contributed by atoms with Crippen molar-refractivity contribution < 1.29 is 18.7 Å². The van der Waals surface area contributed by atoms with Crippen molar-refractivity contribution in [3.63, 3.8) is 0 Å². The van der Waals surface area contributed by atoms with Gasteiger partial charge >= 0.3 is 0 Å². The molecule has 1 saturated heterocycles. The third kappa shape index (κ3) is 4.89. The van der Waals surface area contributed by atoms with Crippen LogP contribution in [0.5, 0.6) is 0 Å². The maximum absolute atomic E-state index is 12.9. The van der Waals surface area contributed by atoms with E-state index in [1.807, 2.05) is 30.3 Å². The van der Waals surface area contributed by atoms with Gasteiger partial charge in [0, 0.05) is 6.54 Å². The highest BCUT2D eigenvalue weighted by atomic mass is 19.1. The molecule has 0 aromatic heterocycles. The van der Waals surface area contributed by atoms with Crippen molar-refractivity contribution in [2.24, 2.45) is 0 Å². The van der Waals surface area contributed by atoms with Crippen LogP contribution in [-0.2, 0) is 20.7 Å². The van der Waals surface area contributed by atoms with Gasteiger partial charge in [0.15, 0.2) is 0 Å². The van der Waals surface area contributed by atoms with E-state index in [-0.39, 0.29) is 36.7 Å². The SMILES string of the molecule is O=C(Cc1ccc(F)cc1)NCC(=O)N1CCO[C@@H](c2ccccc2)C1. The second kappa shape index (κ2) is 8.58. The number of carbonyl (C=O) groups is 2. The number of halogens is 1. The number of morpholine rings is 1. The standard InChI is InChI=1S/C20H21FN2O3/c21-17-8-6-15(7-9-17)12-19(24)22-13-20(25)23-10-11-26-18(14-23)16-4-2-1-3-5-16/h1-9,18H,10-14H2,(H,22,24)/t18-/m1/s1. The second-order valence-electron chi connectivity index (χ2n) is 6.19. The van der Waals surface area contributed by atoms with Gasteiger partial charge in [0.2, 0.25) is 11.8 Å². The highest BCUT2D eigenvalue weighted by Crippen LogP contribution is 2.21. The van der Waals surface area contributed by atoms with Gasteiger partial charge in [-0.25, -0.2) is 4.39 Å². The number of hydrogen-bond acceptors (Lipinski definition) is 3. The van der Waals surface area contributed by atoms with Gasteiger partial charge in [-0.3, -0.25) is 9.59 Å². The number of hydrogen-bond donors (Lipinski definition) is 1. The molecule has 0 saturated carbocycles. The van der Waals surface area contributed by atoms with E-state index in [2.05, 4.69) is 5.32 Å². The molecule has 1 aliphatic rings. The molecular formula is C20H21FN2O3. The molecule has 2 amide bonds. The van der Waals surface area contributed by atoms with E-state index in [4.69, 9.17) is 4.74 Å². The molecule has 2 aromatic rings. The summed E-state index contributed by atoms with van der Waals surface area (Å²) in [5, 5.41) is 2.63. The van der Waals surface area contributed by atoms with E-state index >= 15 is 0 Å². The third-order valence-electron chi connectivity index (χ3n) is 4.31. The van der Waals surface area contributed by atoms with E-state index in [0.717, 1.165) is 5.56 Å². The van der Waals surface area contributed by atoms with Gasteiger partial charge in [-0.05, 0) is 23.3 Å². The summed E-state index contributed by atoms with van der Waals surface area (Å²) in [4.78, 5) is 26.1. The number of rotatable bonds is 5. The summed E-state index contributed by atoms with van der Waals surface area (Å²) in [5.74, 6) is -0.746. The van der Waals surface area contributed by atoms with Crippen LogP contribution in [-0.4, -0.2) is 43.0 Å². The van der Waals surface area contributed by atoms with Crippen molar-refractivity contribution in [2.75, 3.05) is 26.2 Å². The van der Waals surface area contributed by atoms with Crippen LogP contribution >= 0.6 is 0 Å². The van der Waals surface area contributed by atoms with E-state index in [1.54, 1.807) is 17.0 Å². The van der Waals surface area contributed by atoms with E-state index in [0.29, 0.717) is 25.3 Å². The summed E-state index contributed by atoms with van der Waals surface area (Å²) < 4.78 is 18.6. The molecule has 5 nitrogen and oxygen atoms in total. The number of benzene rings is 2. The lowest BCUT2D eigenvalue weighted by molar-refractivity contribution is -0.139. The van der Waals surface area contributed by atoms with Crippen LogP contribution in [0.15, 0.2) is 54.6 Å². The Labute approximate surface area is 151 Å². The zero-order valence-electron chi connectivity index (χ0n) is 14.4. The number of carbonyl (C=O) groups excluding carboxylic acids is 2. The molecule has 3 rings (SSSR count). The fourth-order valence-electron chi connectivity index (χ4n) is 2.88. The summed E-state index contributed by atoms with van der Waals surface area (Å²) in [6.07, 6.45) is -0.0348. The summed E-state index contributed by atoms with van der Waals surface area (Å²) in [6.45, 7) is 1.39. The van der Waals surface area contributed by atoms with Crippen LogP contribution in [0.2, 0.25) is 0 Å². The highest BCUT2D eigenvalue weighted by molar-refractivity contribution is 5.85. The van der Waals surface area contributed by atoms with Crippen molar-refractivity contribution in [2.45, 2.75) is 12.5 Å². The van der Waals surface area contributed by atoms with Crippen molar-refractivity contribution in [3.8, 4) is 0 Å². The number of amides is 2. The zero-order chi connectivity index (χ0) is 18.4. The molecule has 1 aliphatic heterocycles. The smallest absolute Gasteiger partial charge is 0.242 e. The van der Waals surface area contributed by atoms with Gasteiger partial charge in [0.05, 0.1) is 26.1 Å². The first kappa shape index (κ1) is 18.1. The van der Waals surface area contributed by atoms with Crippen molar-refractivity contribution in [1.29, 1.82) is 0 Å². The Hall–Kier alpha value is -2.73. The summed E-state index contributed by atoms with van der Waals surface area (Å²) in [7, 11) is 0. The fourth-order valence-corrected chi connectivity index (χ4v) is 2.88. The number of ether oxygens (including phenoxy) is 1. The lowest BCUT2D eigenvalue weighted by Gasteiger charge is -2.33. The molecular weight excluding hydrogens is 335 g/mol. The van der Waals surface area contributed by atoms with Crippen LogP contribution < -0.4 is 5.32 Å². The molecule has 1 fully saturated rings. The van der Waals surface area contributed by atoms with Crippen LogP contribution in [0.3, 0.4) is 0 Å². The predicted octanol–water partition coefficient (Wildman–Crippen LogP) is 2.08. The van der Waals surface area contributed by atoms with Crippen molar-refractivity contribution in [3.05, 3.63) is 71.5 Å². The quantitative estimate of drug-likeness (QED) is 0.892. The van der Waals surface area contributed by atoms with Crippen LogP contribution in [0.1, 0.15) is 17.2 Å². The predicted molar refractivity (Wildman–Crippen MR) is 94.8 cm³/mol. The minimum Gasteiger partial charge on any atom is -0.370 e. The van der Waals surface area contributed by atoms with E-state index < -0.39 is 0 Å². The Morgan fingerprint density at radius 1 is 1.12 bits per heavy atom. The first-order chi connectivity index (χ1) is 12.6. The van der Waals surface area contributed by atoms with E-state index in [9.17, 15) is 14.0 Å². The van der Waals surface area contributed by atoms with Gasteiger partial charge in [0.1, 0.15) is 11.9 Å².